The topological polar surface area (TPSA) is 103 Å². The molecule has 2 heterocycles. The fourth-order valence-corrected chi connectivity index (χ4v) is 5.09. The molecular weight excluding hydrogens is 590 g/mol. The SMILES string of the molecule is CCN(CC)CCOc1ccc(Nc2ncc3c(n2)N(C)C(=O)N(c2cc(NC(=O)/C=C/c4ccccc4)ccc2Cl)C3)cc1. The first-order valence-corrected chi connectivity index (χ1v) is 15.2. The van der Waals surface area contributed by atoms with Gasteiger partial charge >= 0.3 is 6.03 Å². The van der Waals surface area contributed by atoms with E-state index in [4.69, 9.17) is 16.3 Å². The van der Waals surface area contributed by atoms with E-state index in [1.54, 1.807) is 37.5 Å². The van der Waals surface area contributed by atoms with Crippen LogP contribution in [0, 0.1) is 0 Å². The van der Waals surface area contributed by atoms with Crippen molar-refractivity contribution < 1.29 is 14.3 Å². The molecule has 0 fully saturated rings. The lowest BCUT2D eigenvalue weighted by atomic mass is 10.2. The Bertz CT molecular complexity index is 1660. The lowest BCUT2D eigenvalue weighted by molar-refractivity contribution is -0.111. The lowest BCUT2D eigenvalue weighted by Crippen LogP contribution is -2.46. The van der Waals surface area contributed by atoms with Crippen LogP contribution in [0.5, 0.6) is 5.75 Å². The fourth-order valence-electron chi connectivity index (χ4n) is 4.87. The third-order valence-corrected chi connectivity index (χ3v) is 7.74. The van der Waals surface area contributed by atoms with Gasteiger partial charge in [0.25, 0.3) is 0 Å². The number of rotatable bonds is 12. The summed E-state index contributed by atoms with van der Waals surface area (Å²) in [6, 6.07) is 21.9. The van der Waals surface area contributed by atoms with Crippen molar-refractivity contribution in [3.63, 3.8) is 0 Å². The molecule has 3 amide bonds. The molecular formula is C34H36ClN7O3. The van der Waals surface area contributed by atoms with Crippen LogP contribution in [0.1, 0.15) is 25.0 Å². The highest BCUT2D eigenvalue weighted by Crippen LogP contribution is 2.35. The number of urea groups is 1. The average molecular weight is 626 g/mol. The largest absolute Gasteiger partial charge is 0.492 e. The van der Waals surface area contributed by atoms with Crippen LogP contribution in [0.3, 0.4) is 0 Å². The number of hydrogen-bond donors (Lipinski definition) is 2. The van der Waals surface area contributed by atoms with Crippen LogP contribution in [0.15, 0.2) is 85.1 Å². The Morgan fingerprint density at radius 2 is 1.78 bits per heavy atom. The van der Waals surface area contributed by atoms with Crippen molar-refractivity contribution in [1.29, 1.82) is 0 Å². The van der Waals surface area contributed by atoms with Gasteiger partial charge in [0.05, 0.1) is 17.3 Å². The van der Waals surface area contributed by atoms with E-state index in [0.717, 1.165) is 42.2 Å². The predicted molar refractivity (Wildman–Crippen MR) is 181 cm³/mol. The summed E-state index contributed by atoms with van der Waals surface area (Å²) in [6.07, 6.45) is 4.88. The third kappa shape index (κ3) is 7.97. The number of amides is 3. The van der Waals surface area contributed by atoms with Gasteiger partial charge in [-0.25, -0.2) is 9.78 Å². The highest BCUT2D eigenvalue weighted by atomic mass is 35.5. The van der Waals surface area contributed by atoms with Crippen LogP contribution < -0.4 is 25.2 Å². The predicted octanol–water partition coefficient (Wildman–Crippen LogP) is 6.82. The van der Waals surface area contributed by atoms with Gasteiger partial charge in [-0.15, -0.1) is 0 Å². The molecule has 10 nitrogen and oxygen atoms in total. The van der Waals surface area contributed by atoms with Gasteiger partial charge in [0.15, 0.2) is 0 Å². The molecule has 0 saturated carbocycles. The van der Waals surface area contributed by atoms with Gasteiger partial charge in [0.1, 0.15) is 18.2 Å². The summed E-state index contributed by atoms with van der Waals surface area (Å²) in [7, 11) is 1.66. The van der Waals surface area contributed by atoms with Crippen LogP contribution in [0.25, 0.3) is 6.08 Å². The van der Waals surface area contributed by atoms with Crippen molar-refractivity contribution in [1.82, 2.24) is 14.9 Å². The lowest BCUT2D eigenvalue weighted by Gasteiger charge is -2.34. The van der Waals surface area contributed by atoms with Gasteiger partial charge in [0.2, 0.25) is 11.9 Å². The molecule has 5 rings (SSSR count). The van der Waals surface area contributed by atoms with Crippen molar-refractivity contribution in [2.24, 2.45) is 0 Å². The number of nitrogens with zero attached hydrogens (tertiary/aromatic N) is 5. The Labute approximate surface area is 268 Å². The summed E-state index contributed by atoms with van der Waals surface area (Å²) < 4.78 is 5.87. The van der Waals surface area contributed by atoms with Gasteiger partial charge < -0.3 is 20.3 Å². The molecule has 45 heavy (non-hydrogen) atoms. The molecule has 0 spiro atoms. The number of benzene rings is 3. The summed E-state index contributed by atoms with van der Waals surface area (Å²) in [4.78, 5) is 40.5. The summed E-state index contributed by atoms with van der Waals surface area (Å²) in [5.74, 6) is 1.35. The zero-order valence-corrected chi connectivity index (χ0v) is 26.3. The minimum Gasteiger partial charge on any atom is -0.492 e. The maximum atomic E-state index is 13.5. The molecule has 11 heteroatoms. The van der Waals surface area contributed by atoms with E-state index in [2.05, 4.69) is 39.3 Å². The first-order chi connectivity index (χ1) is 21.8. The van der Waals surface area contributed by atoms with Crippen LogP contribution in [-0.4, -0.2) is 60.1 Å². The molecule has 232 valence electrons. The van der Waals surface area contributed by atoms with Crippen LogP contribution in [-0.2, 0) is 11.3 Å². The van der Waals surface area contributed by atoms with E-state index < -0.39 is 0 Å². The van der Waals surface area contributed by atoms with Gasteiger partial charge in [-0.05, 0) is 67.2 Å². The van der Waals surface area contributed by atoms with E-state index in [1.165, 1.54) is 15.9 Å². The summed E-state index contributed by atoms with van der Waals surface area (Å²) in [6.45, 7) is 7.98. The van der Waals surface area contributed by atoms with Crippen molar-refractivity contribution in [2.75, 3.05) is 53.7 Å². The van der Waals surface area contributed by atoms with E-state index in [9.17, 15) is 9.59 Å². The number of carbonyl (C=O) groups excluding carboxylic acids is 2. The Morgan fingerprint density at radius 3 is 2.51 bits per heavy atom. The first-order valence-electron chi connectivity index (χ1n) is 14.8. The van der Waals surface area contributed by atoms with Crippen molar-refractivity contribution in [3.05, 3.63) is 101 Å². The summed E-state index contributed by atoms with van der Waals surface area (Å²) >= 11 is 6.54. The summed E-state index contributed by atoms with van der Waals surface area (Å²) in [5.41, 5.74) is 3.42. The Morgan fingerprint density at radius 1 is 1.04 bits per heavy atom. The number of likely N-dealkylation sites (N-methyl/N-ethyl adjacent to an activating group) is 1. The number of carbonyl (C=O) groups is 2. The molecule has 0 aliphatic carbocycles. The third-order valence-electron chi connectivity index (χ3n) is 7.42. The fraction of sp³-hybridized carbons (Fsp3) is 0.235. The van der Waals surface area contributed by atoms with Gasteiger partial charge in [-0.2, -0.15) is 4.98 Å². The minimum absolute atomic E-state index is 0.212. The van der Waals surface area contributed by atoms with E-state index in [1.807, 2.05) is 54.6 Å². The Kier molecular flexibility index (Phi) is 10.3. The average Bonchev–Trinajstić information content (AvgIpc) is 3.06. The molecule has 0 saturated heterocycles. The number of ether oxygens (including phenoxy) is 1. The smallest absolute Gasteiger partial charge is 0.330 e. The van der Waals surface area contributed by atoms with Crippen LogP contribution in [0.2, 0.25) is 5.02 Å². The number of nitrogens with one attached hydrogen (secondary N) is 2. The molecule has 1 aliphatic rings. The minimum atomic E-state index is -0.312. The van der Waals surface area contributed by atoms with Gasteiger partial charge in [0, 0.05) is 42.8 Å². The maximum absolute atomic E-state index is 13.5. The molecule has 4 aromatic rings. The molecule has 1 aromatic heterocycles. The molecule has 1 aliphatic heterocycles. The monoisotopic (exact) mass is 625 g/mol. The van der Waals surface area contributed by atoms with Crippen molar-refractivity contribution in [3.8, 4) is 5.75 Å². The van der Waals surface area contributed by atoms with Crippen LogP contribution >= 0.6 is 11.6 Å². The molecule has 3 aromatic carbocycles. The van der Waals surface area contributed by atoms with Gasteiger partial charge in [-0.3, -0.25) is 14.6 Å². The first kappa shape index (κ1) is 31.5. The molecule has 0 atom stereocenters. The van der Waals surface area contributed by atoms with Crippen molar-refractivity contribution in [2.45, 2.75) is 20.4 Å². The van der Waals surface area contributed by atoms with Gasteiger partial charge in [-0.1, -0.05) is 55.8 Å². The molecule has 2 N–H and O–H groups in total. The zero-order valence-electron chi connectivity index (χ0n) is 25.5. The zero-order chi connectivity index (χ0) is 31.8. The highest BCUT2D eigenvalue weighted by Gasteiger charge is 2.32. The number of fused-ring (bicyclic) bond motifs is 1. The second kappa shape index (κ2) is 14.7. The second-order valence-electron chi connectivity index (χ2n) is 10.4. The Balaban J connectivity index is 1.24. The van der Waals surface area contributed by atoms with E-state index in [0.29, 0.717) is 34.8 Å². The number of halogens is 1. The second-order valence-corrected chi connectivity index (χ2v) is 10.8. The quantitative estimate of drug-likeness (QED) is 0.167. The maximum Gasteiger partial charge on any atom is 0.330 e. The number of anilines is 5. The van der Waals surface area contributed by atoms with Crippen LogP contribution in [0.4, 0.5) is 33.6 Å². The number of aromatic nitrogens is 2. The summed E-state index contributed by atoms with van der Waals surface area (Å²) in [5, 5.41) is 6.41. The normalized spacial score (nSPS) is 12.9. The number of hydrogen-bond acceptors (Lipinski definition) is 7. The van der Waals surface area contributed by atoms with E-state index >= 15 is 0 Å². The molecule has 0 bridgehead atoms. The van der Waals surface area contributed by atoms with Crippen molar-refractivity contribution >= 4 is 58.4 Å². The standard InChI is InChI=1S/C34H36ClN7O3/c1-4-41(5-2)19-20-45-28-15-12-26(13-16-28)38-33-36-22-25-23-42(34(44)40(3)32(25)39-33)30-21-27(14-17-29(30)35)37-31(43)18-11-24-9-7-6-8-10-24/h6-18,21-22H,4-5,19-20,23H2,1-3H3,(H,37,43)(H,36,38,39)/b18-11+. The molecule has 0 radical (unpaired) electrons. The van der Waals surface area contributed by atoms with E-state index in [-0.39, 0.29) is 18.5 Å². The highest BCUT2D eigenvalue weighted by molar-refractivity contribution is 6.34. The Hall–Kier alpha value is -4.93. The molecule has 0 unspecified atom stereocenters.